The van der Waals surface area contributed by atoms with Crippen LogP contribution in [0.25, 0.3) is 10.8 Å². The van der Waals surface area contributed by atoms with E-state index in [-0.39, 0.29) is 12.0 Å². The number of primary amides is 1. The quantitative estimate of drug-likeness (QED) is 0.602. The minimum atomic E-state index is -0.750. The fourth-order valence-corrected chi connectivity index (χ4v) is 3.85. The molecule has 0 saturated carbocycles. The van der Waals surface area contributed by atoms with Crippen molar-refractivity contribution in [2.45, 2.75) is 18.9 Å². The monoisotopic (exact) mass is 469 g/mol. The van der Waals surface area contributed by atoms with Gasteiger partial charge < -0.3 is 20.7 Å². The molecule has 0 unspecified atom stereocenters. The number of hydrogen-bond donors (Lipinski definition) is 2. The van der Waals surface area contributed by atoms with Gasteiger partial charge in [-0.05, 0) is 35.7 Å². The van der Waals surface area contributed by atoms with Gasteiger partial charge in [0.05, 0.1) is 0 Å². The maximum Gasteiger partial charge on any atom is 0.404 e. The number of fused-ring (bicyclic) bond motifs is 1. The minimum absolute atomic E-state index is 0.177. The average molecular weight is 470 g/mol. The van der Waals surface area contributed by atoms with E-state index in [4.69, 9.17) is 10.5 Å². The van der Waals surface area contributed by atoms with E-state index in [1.54, 1.807) is 24.5 Å². The number of piperidine rings is 1. The Hall–Kier alpha value is -3.20. The third kappa shape index (κ3) is 4.68. The van der Waals surface area contributed by atoms with E-state index < -0.39 is 6.09 Å². The standard InChI is InChI=1S/C21H20BrN5O3/c22-16-2-1-14-12-25-18(10-15(14)9-16)26-20(28)13-3-6-24-19(11-13)27-7-4-17(5-8-27)30-21(23)29/h1-3,6,9-12,17H,4-5,7-8H2,(H2,23,29)(H,25,26,28). The Kier molecular flexibility index (Phi) is 5.80. The summed E-state index contributed by atoms with van der Waals surface area (Å²) in [6, 6.07) is 11.1. The lowest BCUT2D eigenvalue weighted by Gasteiger charge is -2.32. The van der Waals surface area contributed by atoms with Crippen LogP contribution in [0.2, 0.25) is 0 Å². The Bertz CT molecular complexity index is 1100. The molecule has 0 aliphatic carbocycles. The molecule has 8 nitrogen and oxygen atoms in total. The first-order valence-electron chi connectivity index (χ1n) is 9.52. The van der Waals surface area contributed by atoms with E-state index in [2.05, 4.69) is 36.1 Å². The number of benzene rings is 1. The van der Waals surface area contributed by atoms with Crippen molar-refractivity contribution in [3.05, 3.63) is 58.8 Å². The molecular formula is C21H20BrN5O3. The van der Waals surface area contributed by atoms with Gasteiger partial charge in [-0.25, -0.2) is 14.8 Å². The van der Waals surface area contributed by atoms with Gasteiger partial charge in [0, 0.05) is 53.7 Å². The van der Waals surface area contributed by atoms with Crippen molar-refractivity contribution in [1.29, 1.82) is 0 Å². The molecule has 154 valence electrons. The number of nitrogens with zero attached hydrogens (tertiary/aromatic N) is 3. The second-order valence-electron chi connectivity index (χ2n) is 7.04. The lowest BCUT2D eigenvalue weighted by molar-refractivity contribution is 0.0910. The lowest BCUT2D eigenvalue weighted by atomic mass is 10.1. The minimum Gasteiger partial charge on any atom is -0.446 e. The van der Waals surface area contributed by atoms with E-state index in [9.17, 15) is 9.59 Å². The van der Waals surface area contributed by atoms with Crippen LogP contribution in [-0.2, 0) is 4.74 Å². The number of ether oxygens (including phenoxy) is 1. The largest absolute Gasteiger partial charge is 0.446 e. The number of nitrogens with one attached hydrogen (secondary N) is 1. The van der Waals surface area contributed by atoms with Crippen molar-refractivity contribution < 1.29 is 14.3 Å². The first-order valence-corrected chi connectivity index (χ1v) is 10.3. The number of carbonyl (C=O) groups is 2. The van der Waals surface area contributed by atoms with Crippen LogP contribution < -0.4 is 16.0 Å². The average Bonchev–Trinajstić information content (AvgIpc) is 2.73. The third-order valence-electron chi connectivity index (χ3n) is 4.98. The predicted molar refractivity (Wildman–Crippen MR) is 118 cm³/mol. The molecule has 3 N–H and O–H groups in total. The third-order valence-corrected chi connectivity index (χ3v) is 5.48. The van der Waals surface area contributed by atoms with Crippen LogP contribution >= 0.6 is 15.9 Å². The molecule has 1 fully saturated rings. The number of halogens is 1. The number of carbonyl (C=O) groups excluding carboxylic acids is 2. The zero-order valence-corrected chi connectivity index (χ0v) is 17.6. The van der Waals surface area contributed by atoms with Gasteiger partial charge in [-0.15, -0.1) is 0 Å². The highest BCUT2D eigenvalue weighted by Crippen LogP contribution is 2.23. The Balaban J connectivity index is 1.45. The fourth-order valence-electron chi connectivity index (χ4n) is 3.47. The number of pyridine rings is 2. The molecule has 1 saturated heterocycles. The second-order valence-corrected chi connectivity index (χ2v) is 7.96. The summed E-state index contributed by atoms with van der Waals surface area (Å²) in [5.41, 5.74) is 5.58. The number of nitrogens with two attached hydrogens (primary N) is 1. The first kappa shape index (κ1) is 20.1. The van der Waals surface area contributed by atoms with E-state index in [0.29, 0.717) is 43.1 Å². The van der Waals surface area contributed by atoms with Crippen LogP contribution in [0.4, 0.5) is 16.4 Å². The van der Waals surface area contributed by atoms with Gasteiger partial charge in [-0.3, -0.25) is 4.79 Å². The molecule has 1 aromatic carbocycles. The molecule has 3 heterocycles. The van der Waals surface area contributed by atoms with Gasteiger partial charge in [0.2, 0.25) is 0 Å². The van der Waals surface area contributed by atoms with Crippen LogP contribution in [0.3, 0.4) is 0 Å². The van der Waals surface area contributed by atoms with Gasteiger partial charge in [-0.1, -0.05) is 22.0 Å². The van der Waals surface area contributed by atoms with Crippen LogP contribution in [0, 0.1) is 0 Å². The predicted octanol–water partition coefficient (Wildman–Crippen LogP) is 3.71. The van der Waals surface area contributed by atoms with Crippen LogP contribution in [-0.4, -0.2) is 41.2 Å². The summed E-state index contributed by atoms with van der Waals surface area (Å²) < 4.78 is 6.02. The van der Waals surface area contributed by atoms with E-state index in [1.165, 1.54) is 0 Å². The molecular weight excluding hydrogens is 450 g/mol. The maximum atomic E-state index is 12.7. The maximum absolute atomic E-state index is 12.7. The first-order chi connectivity index (χ1) is 14.5. The van der Waals surface area contributed by atoms with Gasteiger partial charge in [-0.2, -0.15) is 0 Å². The van der Waals surface area contributed by atoms with Crippen molar-refractivity contribution in [3.63, 3.8) is 0 Å². The number of hydrogen-bond acceptors (Lipinski definition) is 6. The van der Waals surface area contributed by atoms with Crippen molar-refractivity contribution in [2.24, 2.45) is 5.73 Å². The molecule has 0 spiro atoms. The summed E-state index contributed by atoms with van der Waals surface area (Å²) >= 11 is 3.46. The van der Waals surface area contributed by atoms with Crippen molar-refractivity contribution in [2.75, 3.05) is 23.3 Å². The highest BCUT2D eigenvalue weighted by atomic mass is 79.9. The second kappa shape index (κ2) is 8.66. The Labute approximate surface area is 181 Å². The Morgan fingerprint density at radius 2 is 1.90 bits per heavy atom. The van der Waals surface area contributed by atoms with Crippen molar-refractivity contribution in [3.8, 4) is 0 Å². The highest BCUT2D eigenvalue weighted by molar-refractivity contribution is 9.10. The van der Waals surface area contributed by atoms with Crippen molar-refractivity contribution in [1.82, 2.24) is 9.97 Å². The molecule has 2 aromatic heterocycles. The topological polar surface area (TPSA) is 110 Å². The normalized spacial score (nSPS) is 14.5. The SMILES string of the molecule is NC(=O)OC1CCN(c2cc(C(=O)Nc3cc4cc(Br)ccc4cn3)ccn2)CC1. The molecule has 30 heavy (non-hydrogen) atoms. The molecule has 0 radical (unpaired) electrons. The molecule has 9 heteroatoms. The lowest BCUT2D eigenvalue weighted by Crippen LogP contribution is -2.39. The van der Waals surface area contributed by atoms with E-state index in [1.807, 2.05) is 24.3 Å². The van der Waals surface area contributed by atoms with Crippen LogP contribution in [0.1, 0.15) is 23.2 Å². The van der Waals surface area contributed by atoms with E-state index >= 15 is 0 Å². The number of aromatic nitrogens is 2. The summed E-state index contributed by atoms with van der Waals surface area (Å²) in [5, 5.41) is 4.82. The highest BCUT2D eigenvalue weighted by Gasteiger charge is 2.23. The molecule has 4 rings (SSSR count). The molecule has 0 bridgehead atoms. The Morgan fingerprint density at radius 1 is 1.10 bits per heavy atom. The molecule has 3 aromatic rings. The molecule has 2 amide bonds. The summed E-state index contributed by atoms with van der Waals surface area (Å²) in [6.45, 7) is 1.33. The summed E-state index contributed by atoms with van der Waals surface area (Å²) in [7, 11) is 0. The summed E-state index contributed by atoms with van der Waals surface area (Å²) in [5.74, 6) is 0.927. The van der Waals surface area contributed by atoms with E-state index in [0.717, 1.165) is 15.2 Å². The Morgan fingerprint density at radius 3 is 2.67 bits per heavy atom. The van der Waals surface area contributed by atoms with Crippen LogP contribution in [0.15, 0.2) is 53.3 Å². The molecule has 1 aliphatic rings. The smallest absolute Gasteiger partial charge is 0.404 e. The zero-order chi connectivity index (χ0) is 21.1. The molecule has 1 aliphatic heterocycles. The van der Waals surface area contributed by atoms with Gasteiger partial charge >= 0.3 is 6.09 Å². The number of anilines is 2. The molecule has 0 atom stereocenters. The van der Waals surface area contributed by atoms with Crippen LogP contribution in [0.5, 0.6) is 0 Å². The number of amides is 2. The van der Waals surface area contributed by atoms with Gasteiger partial charge in [0.1, 0.15) is 17.7 Å². The zero-order valence-electron chi connectivity index (χ0n) is 16.0. The van der Waals surface area contributed by atoms with Gasteiger partial charge in [0.25, 0.3) is 5.91 Å². The fraction of sp³-hybridized carbons (Fsp3) is 0.238. The van der Waals surface area contributed by atoms with Gasteiger partial charge in [0.15, 0.2) is 0 Å². The summed E-state index contributed by atoms with van der Waals surface area (Å²) in [4.78, 5) is 34.4. The van der Waals surface area contributed by atoms with Crippen molar-refractivity contribution >= 4 is 50.3 Å². The number of rotatable bonds is 4. The summed E-state index contributed by atoms with van der Waals surface area (Å²) in [6.07, 6.45) is 3.74.